The molecule has 10 heteroatoms. The fourth-order valence-corrected chi connectivity index (χ4v) is 6.39. The van der Waals surface area contributed by atoms with Crippen molar-refractivity contribution in [1.29, 1.82) is 0 Å². The highest BCUT2D eigenvalue weighted by atomic mass is 31.2. The van der Waals surface area contributed by atoms with Crippen molar-refractivity contribution >= 4 is 13.7 Å². The number of phosphoric ester groups is 1. The summed E-state index contributed by atoms with van der Waals surface area (Å²) in [4.78, 5) is 25.3. The number of hydrogen-bond acceptors (Lipinski definition) is 7. The lowest BCUT2D eigenvalue weighted by Gasteiger charge is -2.29. The first-order valence-corrected chi connectivity index (χ1v) is 23.5. The Hall–Kier alpha value is -2.36. The first-order valence-electron chi connectivity index (χ1n) is 22.1. The van der Waals surface area contributed by atoms with Crippen LogP contribution in [0, 0.1) is 0 Å². The number of hydrogen-bond donors (Lipinski definition) is 3. The zero-order valence-electron chi connectivity index (χ0n) is 36.6. The molecule has 0 fully saturated rings. The van der Waals surface area contributed by atoms with Crippen LogP contribution < -0.4 is 10.2 Å². The van der Waals surface area contributed by atoms with Crippen molar-refractivity contribution in [3.8, 4) is 0 Å². The third-order valence-electron chi connectivity index (χ3n) is 9.20. The standard InChI is InChI=1S/C47H83N2O7P/c1-6-8-10-12-14-16-18-20-21-23-25-27-29-31-35-39-46(51)45(43-56-57(53,54)55-42-41-49(3,4)5)48-47(52)40-36-32-34-38-44(50)37-33-30-28-26-24-22-19-17-15-13-11-9-7-2/h9,11,15,17,22,24,28,30,32-35,37,39,44-46,50-51H,6-8,10,12-14,16,18-21,23,25-27,29,31,36,38,40-43H2,1-5H3,(H-,48,52,53,54)/b11-9-,17-15-,24-22-,30-28-,34-32-,37-33-,39-35+/t44?,45-,46+/m0/s1. The van der Waals surface area contributed by atoms with Gasteiger partial charge in [0.1, 0.15) is 13.2 Å². The number of unbranched alkanes of at least 4 members (excludes halogenated alkanes) is 13. The molecule has 0 rings (SSSR count). The molecule has 0 aromatic heterocycles. The molecule has 328 valence electrons. The number of phosphoric acid groups is 1. The van der Waals surface area contributed by atoms with Gasteiger partial charge in [-0.1, -0.05) is 176 Å². The molecule has 0 aliphatic carbocycles. The summed E-state index contributed by atoms with van der Waals surface area (Å²) in [6, 6.07) is -0.973. The maximum absolute atomic E-state index is 12.8. The van der Waals surface area contributed by atoms with Gasteiger partial charge in [-0.25, -0.2) is 0 Å². The normalized spacial score (nSPS) is 15.7. The summed E-state index contributed by atoms with van der Waals surface area (Å²) in [6.07, 6.45) is 48.0. The van der Waals surface area contributed by atoms with Crippen molar-refractivity contribution in [3.05, 3.63) is 85.1 Å². The molecular formula is C47H83N2O7P. The van der Waals surface area contributed by atoms with Crippen LogP contribution in [0.25, 0.3) is 0 Å². The van der Waals surface area contributed by atoms with Crippen molar-refractivity contribution in [1.82, 2.24) is 5.32 Å². The third kappa shape index (κ3) is 40.2. The number of likely N-dealkylation sites (N-methyl/N-ethyl adjacent to an activating group) is 1. The van der Waals surface area contributed by atoms with Crippen LogP contribution >= 0.6 is 7.82 Å². The minimum absolute atomic E-state index is 0.0376. The number of nitrogens with one attached hydrogen (secondary N) is 1. The number of amides is 1. The Balaban J connectivity index is 4.70. The Kier molecular flexibility index (Phi) is 36.3. The smallest absolute Gasteiger partial charge is 0.268 e. The van der Waals surface area contributed by atoms with Gasteiger partial charge in [-0.15, -0.1) is 0 Å². The van der Waals surface area contributed by atoms with Crippen molar-refractivity contribution in [2.75, 3.05) is 40.9 Å². The van der Waals surface area contributed by atoms with Gasteiger partial charge in [0.2, 0.25) is 5.91 Å². The van der Waals surface area contributed by atoms with Crippen LogP contribution in [0.1, 0.15) is 149 Å². The predicted octanol–water partition coefficient (Wildman–Crippen LogP) is 10.5. The SMILES string of the molecule is CC/C=C\C/C=C\C/C=C\C/C=C\C=C/C(O)C/C=C\CCC(=O)N[C@@H](COP(=O)([O-])OCC[N+](C)(C)C)[C@H](O)/C=C/CCCCCCCCCCCCCCC. The van der Waals surface area contributed by atoms with Crippen LogP contribution in [0.3, 0.4) is 0 Å². The average Bonchev–Trinajstić information content (AvgIpc) is 3.15. The van der Waals surface area contributed by atoms with Gasteiger partial charge in [-0.05, 0) is 51.4 Å². The second-order valence-electron chi connectivity index (χ2n) is 15.9. The highest BCUT2D eigenvalue weighted by molar-refractivity contribution is 7.45. The van der Waals surface area contributed by atoms with Gasteiger partial charge in [-0.3, -0.25) is 9.36 Å². The van der Waals surface area contributed by atoms with Crippen LogP contribution in [0.15, 0.2) is 85.1 Å². The Bertz CT molecular complexity index is 1220. The van der Waals surface area contributed by atoms with Crippen molar-refractivity contribution in [2.24, 2.45) is 0 Å². The van der Waals surface area contributed by atoms with E-state index in [0.29, 0.717) is 23.9 Å². The molecule has 3 N–H and O–H groups in total. The summed E-state index contributed by atoms with van der Waals surface area (Å²) < 4.78 is 23.1. The molecule has 0 saturated carbocycles. The predicted molar refractivity (Wildman–Crippen MR) is 239 cm³/mol. The van der Waals surface area contributed by atoms with Crippen molar-refractivity contribution < 1.29 is 38.0 Å². The minimum Gasteiger partial charge on any atom is -0.756 e. The van der Waals surface area contributed by atoms with Gasteiger partial charge in [0.05, 0.1) is 46.0 Å². The third-order valence-corrected chi connectivity index (χ3v) is 10.2. The van der Waals surface area contributed by atoms with Gasteiger partial charge in [0.15, 0.2) is 0 Å². The summed E-state index contributed by atoms with van der Waals surface area (Å²) in [5, 5.41) is 23.9. The molecule has 0 aromatic rings. The first kappa shape index (κ1) is 54.6. The maximum Gasteiger partial charge on any atom is 0.268 e. The van der Waals surface area contributed by atoms with Gasteiger partial charge in [-0.2, -0.15) is 0 Å². The minimum atomic E-state index is -4.64. The number of carbonyl (C=O) groups is 1. The molecule has 0 spiro atoms. The number of aliphatic hydroxyl groups excluding tert-OH is 2. The van der Waals surface area contributed by atoms with Crippen LogP contribution in [-0.2, 0) is 18.4 Å². The zero-order chi connectivity index (χ0) is 42.3. The lowest BCUT2D eigenvalue weighted by atomic mass is 10.0. The lowest BCUT2D eigenvalue weighted by molar-refractivity contribution is -0.870. The molecule has 1 amide bonds. The van der Waals surface area contributed by atoms with E-state index < -0.39 is 32.7 Å². The summed E-state index contributed by atoms with van der Waals surface area (Å²) in [6.45, 7) is 4.36. The lowest BCUT2D eigenvalue weighted by Crippen LogP contribution is -2.45. The quantitative estimate of drug-likeness (QED) is 0.0186. The Morgan fingerprint density at radius 1 is 0.684 bits per heavy atom. The van der Waals surface area contributed by atoms with Gasteiger partial charge in [0.25, 0.3) is 7.82 Å². The monoisotopic (exact) mass is 819 g/mol. The van der Waals surface area contributed by atoms with E-state index in [1.165, 1.54) is 70.6 Å². The van der Waals surface area contributed by atoms with E-state index >= 15 is 0 Å². The molecule has 0 radical (unpaired) electrons. The zero-order valence-corrected chi connectivity index (χ0v) is 37.5. The van der Waals surface area contributed by atoms with Gasteiger partial charge in [0, 0.05) is 6.42 Å². The van der Waals surface area contributed by atoms with E-state index in [1.54, 1.807) is 12.2 Å². The summed E-state index contributed by atoms with van der Waals surface area (Å²) in [5.41, 5.74) is 0. The Morgan fingerprint density at radius 2 is 1.25 bits per heavy atom. The fraction of sp³-hybridized carbons (Fsp3) is 0.681. The summed E-state index contributed by atoms with van der Waals surface area (Å²) in [7, 11) is 1.14. The second-order valence-corrected chi connectivity index (χ2v) is 17.3. The Morgan fingerprint density at radius 3 is 1.82 bits per heavy atom. The molecule has 0 aliphatic heterocycles. The largest absolute Gasteiger partial charge is 0.756 e. The van der Waals surface area contributed by atoms with E-state index in [4.69, 9.17) is 9.05 Å². The van der Waals surface area contributed by atoms with E-state index in [2.05, 4.69) is 55.6 Å². The molecule has 9 nitrogen and oxygen atoms in total. The topological polar surface area (TPSA) is 128 Å². The average molecular weight is 819 g/mol. The van der Waals surface area contributed by atoms with Gasteiger partial charge < -0.3 is 34.0 Å². The molecule has 0 heterocycles. The van der Waals surface area contributed by atoms with Gasteiger partial charge >= 0.3 is 0 Å². The number of aliphatic hydroxyl groups is 2. The van der Waals surface area contributed by atoms with Crippen molar-refractivity contribution in [3.63, 3.8) is 0 Å². The van der Waals surface area contributed by atoms with Crippen molar-refractivity contribution in [2.45, 2.75) is 167 Å². The number of rotatable bonds is 38. The first-order chi connectivity index (χ1) is 27.4. The van der Waals surface area contributed by atoms with E-state index in [0.717, 1.165) is 44.9 Å². The second kappa shape index (κ2) is 37.9. The molecule has 0 saturated heterocycles. The van der Waals surface area contributed by atoms with E-state index in [1.807, 2.05) is 57.6 Å². The van der Waals surface area contributed by atoms with Crippen LogP contribution in [-0.4, -0.2) is 79.8 Å². The molecule has 0 bridgehead atoms. The highest BCUT2D eigenvalue weighted by Crippen LogP contribution is 2.38. The molecule has 4 atom stereocenters. The van der Waals surface area contributed by atoms with Crippen LogP contribution in [0.5, 0.6) is 0 Å². The molecule has 2 unspecified atom stereocenters. The molecule has 57 heavy (non-hydrogen) atoms. The van der Waals surface area contributed by atoms with Crippen LogP contribution in [0.4, 0.5) is 0 Å². The van der Waals surface area contributed by atoms with E-state index in [9.17, 15) is 24.5 Å². The highest BCUT2D eigenvalue weighted by Gasteiger charge is 2.23. The molecule has 0 aromatic carbocycles. The number of quaternary nitrogens is 1. The van der Waals surface area contributed by atoms with E-state index in [-0.39, 0.29) is 18.9 Å². The fourth-order valence-electron chi connectivity index (χ4n) is 5.67. The number of carbonyl (C=O) groups excluding carboxylic acids is 1. The number of nitrogens with zero attached hydrogens (tertiary/aromatic N) is 1. The Labute approximate surface area is 349 Å². The number of allylic oxidation sites excluding steroid dienone is 11. The summed E-state index contributed by atoms with van der Waals surface area (Å²) >= 11 is 0. The summed E-state index contributed by atoms with van der Waals surface area (Å²) in [5.74, 6) is -0.344. The molecule has 0 aliphatic rings. The van der Waals surface area contributed by atoms with Crippen LogP contribution in [0.2, 0.25) is 0 Å². The maximum atomic E-state index is 12.8. The molecular weight excluding hydrogens is 735 g/mol.